The van der Waals surface area contributed by atoms with Crippen molar-refractivity contribution in [1.82, 2.24) is 14.7 Å². The van der Waals surface area contributed by atoms with Crippen LogP contribution in [0, 0.1) is 6.92 Å². The number of likely N-dealkylation sites (tertiary alicyclic amines) is 1. The summed E-state index contributed by atoms with van der Waals surface area (Å²) < 4.78 is 19.5. The van der Waals surface area contributed by atoms with Gasteiger partial charge in [0.05, 0.1) is 31.2 Å². The second-order valence-electron chi connectivity index (χ2n) is 8.46. The van der Waals surface area contributed by atoms with Crippen molar-refractivity contribution in [3.63, 3.8) is 0 Å². The highest BCUT2D eigenvalue weighted by Crippen LogP contribution is 2.31. The Morgan fingerprint density at radius 3 is 2.71 bits per heavy atom. The summed E-state index contributed by atoms with van der Waals surface area (Å²) in [7, 11) is 0. The van der Waals surface area contributed by atoms with E-state index < -0.39 is 0 Å². The predicted molar refractivity (Wildman–Crippen MR) is 136 cm³/mol. The van der Waals surface area contributed by atoms with Crippen LogP contribution in [0.25, 0.3) is 10.9 Å². The third kappa shape index (κ3) is 5.61. The quantitative estimate of drug-likeness (QED) is 0.363. The SMILES string of the molecule is CCOC(=O)Cc1c(C)cccc1OCc1nn([C@@H]2CCN(C(=O)OCC)C2)c2ccc(Br)cc12. The van der Waals surface area contributed by atoms with Crippen molar-refractivity contribution in [2.75, 3.05) is 26.3 Å². The van der Waals surface area contributed by atoms with E-state index in [2.05, 4.69) is 15.9 Å². The van der Waals surface area contributed by atoms with Crippen molar-refractivity contribution in [2.24, 2.45) is 0 Å². The van der Waals surface area contributed by atoms with Gasteiger partial charge in [-0.05, 0) is 57.0 Å². The lowest BCUT2D eigenvalue weighted by atomic mass is 10.0. The summed E-state index contributed by atoms with van der Waals surface area (Å²) in [5.74, 6) is 0.364. The minimum Gasteiger partial charge on any atom is -0.487 e. The first kappa shape index (κ1) is 25.0. The van der Waals surface area contributed by atoms with Gasteiger partial charge in [0.1, 0.15) is 18.1 Å². The van der Waals surface area contributed by atoms with Crippen LogP contribution in [-0.2, 0) is 27.3 Å². The highest BCUT2D eigenvalue weighted by Gasteiger charge is 2.30. The summed E-state index contributed by atoms with van der Waals surface area (Å²) in [4.78, 5) is 26.0. The number of aromatic nitrogens is 2. The van der Waals surface area contributed by atoms with Gasteiger partial charge < -0.3 is 19.1 Å². The Balaban J connectivity index is 1.59. The zero-order valence-corrected chi connectivity index (χ0v) is 21.8. The molecule has 0 aliphatic carbocycles. The van der Waals surface area contributed by atoms with E-state index in [1.165, 1.54) is 0 Å². The second kappa shape index (κ2) is 11.1. The third-order valence-corrected chi connectivity index (χ3v) is 6.63. The van der Waals surface area contributed by atoms with Crippen molar-refractivity contribution < 1.29 is 23.8 Å². The molecule has 1 atom stereocenters. The lowest BCUT2D eigenvalue weighted by molar-refractivity contribution is -0.142. The molecule has 2 heterocycles. The van der Waals surface area contributed by atoms with Gasteiger partial charge in [0, 0.05) is 28.5 Å². The Hall–Kier alpha value is -3.07. The first-order chi connectivity index (χ1) is 16.9. The van der Waals surface area contributed by atoms with Crippen molar-refractivity contribution in [3.05, 3.63) is 57.7 Å². The van der Waals surface area contributed by atoms with Crippen LogP contribution in [-0.4, -0.2) is 53.0 Å². The molecule has 0 unspecified atom stereocenters. The van der Waals surface area contributed by atoms with Crippen molar-refractivity contribution >= 4 is 38.9 Å². The molecule has 1 fully saturated rings. The molecule has 0 saturated carbocycles. The van der Waals surface area contributed by atoms with E-state index in [4.69, 9.17) is 19.3 Å². The number of carbonyl (C=O) groups is 2. The molecule has 4 rings (SSSR count). The number of benzene rings is 2. The normalized spacial score (nSPS) is 15.4. The number of amides is 1. The van der Waals surface area contributed by atoms with Gasteiger partial charge in [0.25, 0.3) is 0 Å². The van der Waals surface area contributed by atoms with Crippen LogP contribution in [0.3, 0.4) is 0 Å². The molecule has 1 aliphatic heterocycles. The summed E-state index contributed by atoms with van der Waals surface area (Å²) in [5, 5.41) is 5.89. The largest absolute Gasteiger partial charge is 0.487 e. The number of carbonyl (C=O) groups excluding carboxylic acids is 2. The molecule has 3 aromatic rings. The van der Waals surface area contributed by atoms with Crippen molar-refractivity contribution in [1.29, 1.82) is 0 Å². The minimum atomic E-state index is -0.286. The standard InChI is InChI=1S/C26H30BrN3O5/c1-4-33-25(31)14-20-17(3)7-6-8-24(20)35-16-22-21-13-18(27)9-10-23(21)30(28-22)19-11-12-29(15-19)26(32)34-5-2/h6-10,13,19H,4-5,11-12,14-16H2,1-3H3/t19-/m1/s1. The molecule has 1 aliphatic rings. The van der Waals surface area contributed by atoms with Crippen LogP contribution in [0.1, 0.15) is 43.1 Å². The minimum absolute atomic E-state index is 0.0511. The number of hydrogen-bond donors (Lipinski definition) is 0. The van der Waals surface area contributed by atoms with Gasteiger partial charge in [0.2, 0.25) is 0 Å². The molecule has 1 saturated heterocycles. The van der Waals surface area contributed by atoms with E-state index in [0.717, 1.165) is 38.6 Å². The van der Waals surface area contributed by atoms with Crippen LogP contribution < -0.4 is 4.74 Å². The van der Waals surface area contributed by atoms with Crippen LogP contribution in [0.5, 0.6) is 5.75 Å². The molecule has 2 aromatic carbocycles. The fourth-order valence-corrected chi connectivity index (χ4v) is 4.78. The molecule has 0 bridgehead atoms. The van der Waals surface area contributed by atoms with Gasteiger partial charge in [-0.2, -0.15) is 5.10 Å². The molecule has 0 N–H and O–H groups in total. The molecule has 1 aromatic heterocycles. The molecular formula is C26H30BrN3O5. The summed E-state index contributed by atoms with van der Waals surface area (Å²) in [6.07, 6.45) is 0.668. The highest BCUT2D eigenvalue weighted by atomic mass is 79.9. The Morgan fingerprint density at radius 1 is 1.14 bits per heavy atom. The summed E-state index contributed by atoms with van der Waals surface area (Å²) in [6.45, 7) is 7.68. The number of ether oxygens (including phenoxy) is 3. The molecular weight excluding hydrogens is 514 g/mol. The molecule has 9 heteroatoms. The Bertz CT molecular complexity index is 1230. The monoisotopic (exact) mass is 543 g/mol. The van der Waals surface area contributed by atoms with Crippen LogP contribution in [0.2, 0.25) is 0 Å². The Morgan fingerprint density at radius 2 is 1.94 bits per heavy atom. The van der Waals surface area contributed by atoms with Gasteiger partial charge in [-0.3, -0.25) is 9.48 Å². The first-order valence-corrected chi connectivity index (χ1v) is 12.7. The Labute approximate surface area is 213 Å². The van der Waals surface area contributed by atoms with E-state index in [9.17, 15) is 9.59 Å². The third-order valence-electron chi connectivity index (χ3n) is 6.14. The zero-order chi connectivity index (χ0) is 24.9. The van der Waals surface area contributed by atoms with Crippen LogP contribution in [0.15, 0.2) is 40.9 Å². The maximum atomic E-state index is 12.2. The number of hydrogen-bond acceptors (Lipinski definition) is 6. The van der Waals surface area contributed by atoms with E-state index in [0.29, 0.717) is 32.1 Å². The van der Waals surface area contributed by atoms with Gasteiger partial charge in [-0.25, -0.2) is 4.79 Å². The first-order valence-electron chi connectivity index (χ1n) is 11.9. The molecule has 1 amide bonds. The topological polar surface area (TPSA) is 82.9 Å². The van der Waals surface area contributed by atoms with Crippen LogP contribution in [0.4, 0.5) is 4.79 Å². The molecule has 186 valence electrons. The maximum Gasteiger partial charge on any atom is 0.409 e. The lowest BCUT2D eigenvalue weighted by Crippen LogP contribution is -2.29. The smallest absolute Gasteiger partial charge is 0.409 e. The van der Waals surface area contributed by atoms with Gasteiger partial charge in [-0.15, -0.1) is 0 Å². The maximum absolute atomic E-state index is 12.2. The van der Waals surface area contributed by atoms with E-state index in [1.807, 2.05) is 54.9 Å². The number of esters is 1. The van der Waals surface area contributed by atoms with Crippen LogP contribution >= 0.6 is 15.9 Å². The predicted octanol–water partition coefficient (Wildman–Crippen LogP) is 5.20. The number of halogens is 1. The summed E-state index contributed by atoms with van der Waals surface area (Å²) in [6, 6.07) is 11.8. The van der Waals surface area contributed by atoms with Gasteiger partial charge in [-0.1, -0.05) is 28.1 Å². The number of fused-ring (bicyclic) bond motifs is 1. The lowest BCUT2D eigenvalue weighted by Gasteiger charge is -2.16. The number of nitrogens with zero attached hydrogens (tertiary/aromatic N) is 3. The summed E-state index contributed by atoms with van der Waals surface area (Å²) in [5.41, 5.74) is 3.56. The zero-order valence-electron chi connectivity index (χ0n) is 20.3. The van der Waals surface area contributed by atoms with E-state index in [-0.39, 0.29) is 31.1 Å². The Kier molecular flexibility index (Phi) is 7.95. The van der Waals surface area contributed by atoms with Gasteiger partial charge in [0.15, 0.2) is 0 Å². The number of rotatable bonds is 8. The highest BCUT2D eigenvalue weighted by molar-refractivity contribution is 9.10. The van der Waals surface area contributed by atoms with Gasteiger partial charge >= 0.3 is 12.1 Å². The van der Waals surface area contributed by atoms with Crippen molar-refractivity contribution in [3.8, 4) is 5.75 Å². The average molecular weight is 544 g/mol. The fourth-order valence-electron chi connectivity index (χ4n) is 4.42. The molecule has 35 heavy (non-hydrogen) atoms. The molecule has 0 spiro atoms. The fraction of sp³-hybridized carbons (Fsp3) is 0.423. The second-order valence-corrected chi connectivity index (χ2v) is 9.38. The van der Waals surface area contributed by atoms with E-state index >= 15 is 0 Å². The molecule has 0 radical (unpaired) electrons. The number of aryl methyl sites for hydroxylation is 1. The summed E-state index contributed by atoms with van der Waals surface area (Å²) >= 11 is 3.57. The van der Waals surface area contributed by atoms with Crippen molar-refractivity contribution in [2.45, 2.75) is 46.3 Å². The molecule has 8 nitrogen and oxygen atoms in total. The average Bonchev–Trinajstić information content (AvgIpc) is 3.45. The van der Waals surface area contributed by atoms with E-state index in [1.54, 1.807) is 11.8 Å².